The van der Waals surface area contributed by atoms with Crippen LogP contribution in [0.5, 0.6) is 11.5 Å². The highest BCUT2D eigenvalue weighted by Gasteiger charge is 2.14. The average Bonchev–Trinajstić information content (AvgIpc) is 2.49. The number of halogens is 1. The first-order chi connectivity index (χ1) is 10.1. The minimum absolute atomic E-state index is 0.350. The Morgan fingerprint density at radius 2 is 1.86 bits per heavy atom. The number of hydrogen-bond donors (Lipinski definition) is 1. The molecule has 0 radical (unpaired) electrons. The molecular weight excluding hydrogens is 291 g/mol. The van der Waals surface area contributed by atoms with E-state index in [9.17, 15) is 9.50 Å². The van der Waals surface area contributed by atoms with Crippen LogP contribution in [0.3, 0.4) is 0 Å². The Morgan fingerprint density at radius 3 is 2.62 bits per heavy atom. The van der Waals surface area contributed by atoms with E-state index in [4.69, 9.17) is 9.47 Å². The van der Waals surface area contributed by atoms with E-state index in [1.54, 1.807) is 13.0 Å². The van der Waals surface area contributed by atoms with Crippen LogP contribution in [-0.4, -0.2) is 18.3 Å². The highest BCUT2D eigenvalue weighted by Crippen LogP contribution is 2.39. The van der Waals surface area contributed by atoms with Gasteiger partial charge in [0.05, 0.1) is 6.10 Å². The van der Waals surface area contributed by atoms with Crippen LogP contribution in [0.2, 0.25) is 0 Å². The zero-order valence-electron chi connectivity index (χ0n) is 11.5. The van der Waals surface area contributed by atoms with Crippen LogP contribution in [0, 0.1) is 5.82 Å². The monoisotopic (exact) mass is 306 g/mol. The molecule has 1 aliphatic rings. The third-order valence-corrected chi connectivity index (χ3v) is 4.24. The van der Waals surface area contributed by atoms with E-state index >= 15 is 0 Å². The van der Waals surface area contributed by atoms with Crippen LogP contribution in [0.25, 0.3) is 0 Å². The number of fused-ring (bicyclic) bond motifs is 1. The number of benzene rings is 2. The second-order valence-corrected chi connectivity index (χ2v) is 5.88. The summed E-state index contributed by atoms with van der Waals surface area (Å²) < 4.78 is 24.3. The van der Waals surface area contributed by atoms with Crippen molar-refractivity contribution in [3.05, 3.63) is 47.8 Å². The normalized spacial score (nSPS) is 14.8. The quantitative estimate of drug-likeness (QED) is 0.936. The lowest BCUT2D eigenvalue weighted by atomic mass is 10.1. The van der Waals surface area contributed by atoms with Crippen molar-refractivity contribution in [2.45, 2.75) is 22.8 Å². The summed E-state index contributed by atoms with van der Waals surface area (Å²) in [6.07, 6.45) is -0.722. The molecule has 0 unspecified atom stereocenters. The highest BCUT2D eigenvalue weighted by atomic mass is 32.2. The van der Waals surface area contributed by atoms with Gasteiger partial charge < -0.3 is 14.6 Å². The molecule has 21 heavy (non-hydrogen) atoms. The molecule has 2 aromatic rings. The van der Waals surface area contributed by atoms with Crippen molar-refractivity contribution in [2.75, 3.05) is 13.2 Å². The maximum Gasteiger partial charge on any atom is 0.162 e. The summed E-state index contributed by atoms with van der Waals surface area (Å²) in [6, 6.07) is 10.1. The summed E-state index contributed by atoms with van der Waals surface area (Å²) in [4.78, 5) is 1.77. The molecule has 1 atom stereocenters. The van der Waals surface area contributed by atoms with Gasteiger partial charge in [-0.25, -0.2) is 4.39 Å². The Morgan fingerprint density at radius 1 is 1.10 bits per heavy atom. The molecule has 5 heteroatoms. The van der Waals surface area contributed by atoms with Crippen molar-refractivity contribution >= 4 is 11.8 Å². The summed E-state index contributed by atoms with van der Waals surface area (Å²) >= 11 is 1.46. The molecule has 0 saturated heterocycles. The zero-order chi connectivity index (χ0) is 14.8. The number of aliphatic hydroxyl groups is 1. The van der Waals surface area contributed by atoms with Crippen LogP contribution in [-0.2, 0) is 0 Å². The molecule has 0 spiro atoms. The summed E-state index contributed by atoms with van der Waals surface area (Å²) in [5, 5.41) is 9.77. The van der Waals surface area contributed by atoms with Crippen LogP contribution in [0.15, 0.2) is 46.2 Å². The second-order valence-electron chi connectivity index (χ2n) is 4.77. The lowest BCUT2D eigenvalue weighted by Gasteiger charge is -2.19. The summed E-state index contributed by atoms with van der Waals surface area (Å²) in [5.41, 5.74) is 0.579. The fourth-order valence-electron chi connectivity index (χ4n) is 2.15. The fourth-order valence-corrected chi connectivity index (χ4v) is 3.19. The molecule has 1 heterocycles. The van der Waals surface area contributed by atoms with Gasteiger partial charge >= 0.3 is 0 Å². The zero-order valence-corrected chi connectivity index (χ0v) is 12.3. The molecular formula is C16H15FO3S. The summed E-state index contributed by atoms with van der Waals surface area (Å²) in [7, 11) is 0. The number of hydrogen-bond acceptors (Lipinski definition) is 4. The number of rotatable bonds is 3. The van der Waals surface area contributed by atoms with Crippen molar-refractivity contribution in [3.63, 3.8) is 0 Å². The van der Waals surface area contributed by atoms with Crippen molar-refractivity contribution in [1.29, 1.82) is 0 Å². The van der Waals surface area contributed by atoms with Gasteiger partial charge in [0, 0.05) is 9.79 Å². The molecule has 110 valence electrons. The Hall–Kier alpha value is -1.72. The number of aliphatic hydroxyl groups excluding tert-OH is 1. The Kier molecular flexibility index (Phi) is 4.03. The summed E-state index contributed by atoms with van der Waals surface area (Å²) in [6.45, 7) is 2.73. The minimum atomic E-state index is -0.722. The fraction of sp³-hybridized carbons (Fsp3) is 0.250. The molecule has 3 nitrogen and oxygen atoms in total. The molecule has 0 amide bonds. The predicted molar refractivity (Wildman–Crippen MR) is 78.6 cm³/mol. The summed E-state index contributed by atoms with van der Waals surface area (Å²) in [5.74, 6) is 1.10. The Balaban J connectivity index is 1.90. The van der Waals surface area contributed by atoms with Gasteiger partial charge in [0.25, 0.3) is 0 Å². The lowest BCUT2D eigenvalue weighted by molar-refractivity contribution is 0.171. The van der Waals surface area contributed by atoms with Crippen LogP contribution in [0.4, 0.5) is 4.39 Å². The van der Waals surface area contributed by atoms with Gasteiger partial charge in [-0.1, -0.05) is 11.8 Å². The minimum Gasteiger partial charge on any atom is -0.486 e. The number of ether oxygens (including phenoxy) is 2. The standard InChI is InChI=1S/C16H15FO3S/c1-10(18)13-8-11(17)2-5-16(13)21-12-3-4-14-15(9-12)20-7-6-19-14/h2-5,8-10,18H,6-7H2,1H3/t10-/m1/s1. The first kappa shape index (κ1) is 14.2. The van der Waals surface area contributed by atoms with Crippen LogP contribution < -0.4 is 9.47 Å². The van der Waals surface area contributed by atoms with Gasteiger partial charge in [0.1, 0.15) is 19.0 Å². The SMILES string of the molecule is C[C@@H](O)c1cc(F)ccc1Sc1ccc2c(c1)OCCO2. The molecule has 0 fully saturated rings. The van der Waals surface area contributed by atoms with E-state index in [0.29, 0.717) is 24.5 Å². The predicted octanol–water partition coefficient (Wildman–Crippen LogP) is 3.80. The van der Waals surface area contributed by atoms with E-state index in [1.807, 2.05) is 18.2 Å². The largest absolute Gasteiger partial charge is 0.486 e. The first-order valence-corrected chi connectivity index (χ1v) is 7.50. The van der Waals surface area contributed by atoms with E-state index in [-0.39, 0.29) is 5.82 Å². The Bertz CT molecular complexity index is 658. The van der Waals surface area contributed by atoms with E-state index in [1.165, 1.54) is 23.9 Å². The van der Waals surface area contributed by atoms with Gasteiger partial charge in [-0.15, -0.1) is 0 Å². The van der Waals surface area contributed by atoms with E-state index in [2.05, 4.69) is 0 Å². The van der Waals surface area contributed by atoms with Crippen molar-refractivity contribution in [1.82, 2.24) is 0 Å². The van der Waals surface area contributed by atoms with Crippen molar-refractivity contribution in [3.8, 4) is 11.5 Å². The van der Waals surface area contributed by atoms with Gasteiger partial charge in [-0.3, -0.25) is 0 Å². The third kappa shape index (κ3) is 3.14. The van der Waals surface area contributed by atoms with Gasteiger partial charge in [-0.2, -0.15) is 0 Å². The van der Waals surface area contributed by atoms with E-state index < -0.39 is 6.10 Å². The van der Waals surface area contributed by atoms with Crippen LogP contribution >= 0.6 is 11.8 Å². The molecule has 0 aliphatic carbocycles. The van der Waals surface area contributed by atoms with Gasteiger partial charge in [0.15, 0.2) is 11.5 Å². The van der Waals surface area contributed by atoms with Crippen molar-refractivity contribution < 1.29 is 19.0 Å². The molecule has 0 aromatic heterocycles. The molecule has 3 rings (SSSR count). The Labute approximate surface area is 126 Å². The highest BCUT2D eigenvalue weighted by molar-refractivity contribution is 7.99. The maximum absolute atomic E-state index is 13.3. The smallest absolute Gasteiger partial charge is 0.162 e. The molecule has 1 N–H and O–H groups in total. The molecule has 1 aliphatic heterocycles. The van der Waals surface area contributed by atoms with Crippen molar-refractivity contribution in [2.24, 2.45) is 0 Å². The lowest BCUT2D eigenvalue weighted by Crippen LogP contribution is -2.15. The molecule has 0 saturated carbocycles. The third-order valence-electron chi connectivity index (χ3n) is 3.16. The van der Waals surface area contributed by atoms with Gasteiger partial charge in [0.2, 0.25) is 0 Å². The topological polar surface area (TPSA) is 38.7 Å². The van der Waals surface area contributed by atoms with Crippen LogP contribution in [0.1, 0.15) is 18.6 Å². The second kappa shape index (κ2) is 5.95. The average molecular weight is 306 g/mol. The van der Waals surface area contributed by atoms with Gasteiger partial charge in [-0.05, 0) is 48.9 Å². The molecule has 0 bridgehead atoms. The first-order valence-electron chi connectivity index (χ1n) is 6.68. The molecule has 2 aromatic carbocycles. The maximum atomic E-state index is 13.3. The van der Waals surface area contributed by atoms with E-state index in [0.717, 1.165) is 15.5 Å².